The third-order valence-corrected chi connectivity index (χ3v) is 5.89. The zero-order valence-electron chi connectivity index (χ0n) is 11.3. The number of hydrogen-bond acceptors (Lipinski definition) is 4. The first-order chi connectivity index (χ1) is 9.61. The Hall–Kier alpha value is -1.17. The molecule has 0 spiro atoms. The van der Waals surface area contributed by atoms with Crippen molar-refractivity contribution in [2.24, 2.45) is 0 Å². The van der Waals surface area contributed by atoms with Crippen molar-refractivity contribution in [3.63, 3.8) is 0 Å². The van der Waals surface area contributed by atoms with E-state index in [4.69, 9.17) is 0 Å². The normalized spacial score (nSPS) is 14.4. The molecule has 1 heterocycles. The van der Waals surface area contributed by atoms with Crippen LogP contribution in [0.5, 0.6) is 0 Å². The molecular formula is C15H16O3S2. The topological polar surface area (TPSA) is 43.4 Å². The second-order valence-corrected chi connectivity index (χ2v) is 7.59. The van der Waals surface area contributed by atoms with Gasteiger partial charge in [-0.3, -0.25) is 4.18 Å². The molecule has 20 heavy (non-hydrogen) atoms. The SMILES string of the molecule is COS(=O)(=O)Cc1cccc2c1CCCc1ccsc1-2. The van der Waals surface area contributed by atoms with Gasteiger partial charge in [-0.05, 0) is 53.0 Å². The highest BCUT2D eigenvalue weighted by molar-refractivity contribution is 7.85. The third kappa shape index (κ3) is 2.53. The third-order valence-electron chi connectivity index (χ3n) is 3.72. The maximum atomic E-state index is 11.7. The van der Waals surface area contributed by atoms with E-state index in [2.05, 4.69) is 21.7 Å². The van der Waals surface area contributed by atoms with Crippen LogP contribution in [0.25, 0.3) is 10.4 Å². The van der Waals surface area contributed by atoms with E-state index < -0.39 is 10.1 Å². The Morgan fingerprint density at radius 1 is 1.25 bits per heavy atom. The molecule has 106 valence electrons. The van der Waals surface area contributed by atoms with E-state index >= 15 is 0 Å². The lowest BCUT2D eigenvalue weighted by Gasteiger charge is -2.12. The highest BCUT2D eigenvalue weighted by Crippen LogP contribution is 2.38. The van der Waals surface area contributed by atoms with Gasteiger partial charge in [-0.25, -0.2) is 0 Å². The van der Waals surface area contributed by atoms with Crippen LogP contribution in [0.1, 0.15) is 23.1 Å². The lowest BCUT2D eigenvalue weighted by atomic mass is 9.98. The second kappa shape index (κ2) is 5.31. The fourth-order valence-electron chi connectivity index (χ4n) is 2.75. The van der Waals surface area contributed by atoms with Crippen molar-refractivity contribution >= 4 is 21.5 Å². The maximum Gasteiger partial charge on any atom is 0.271 e. The molecule has 0 saturated carbocycles. The number of fused-ring (bicyclic) bond motifs is 3. The first-order valence-electron chi connectivity index (χ1n) is 6.56. The first-order valence-corrected chi connectivity index (χ1v) is 9.02. The van der Waals surface area contributed by atoms with E-state index in [0.717, 1.165) is 30.4 Å². The van der Waals surface area contributed by atoms with Gasteiger partial charge in [-0.15, -0.1) is 11.3 Å². The number of benzene rings is 1. The zero-order valence-corrected chi connectivity index (χ0v) is 12.9. The van der Waals surface area contributed by atoms with Gasteiger partial charge in [0.25, 0.3) is 10.1 Å². The predicted molar refractivity (Wildman–Crippen MR) is 81.4 cm³/mol. The minimum Gasteiger partial charge on any atom is -0.273 e. The Morgan fingerprint density at radius 2 is 2.10 bits per heavy atom. The fourth-order valence-corrected chi connectivity index (χ4v) is 4.53. The molecule has 0 bridgehead atoms. The van der Waals surface area contributed by atoms with Gasteiger partial charge in [0.2, 0.25) is 0 Å². The Labute approximate surface area is 123 Å². The highest BCUT2D eigenvalue weighted by Gasteiger charge is 2.20. The lowest BCUT2D eigenvalue weighted by Crippen LogP contribution is -2.08. The summed E-state index contributed by atoms with van der Waals surface area (Å²) in [5.74, 6) is -0.0482. The van der Waals surface area contributed by atoms with Crippen molar-refractivity contribution < 1.29 is 12.6 Å². The molecule has 5 heteroatoms. The van der Waals surface area contributed by atoms with Gasteiger partial charge in [-0.2, -0.15) is 8.42 Å². The summed E-state index contributed by atoms with van der Waals surface area (Å²) in [6, 6.07) is 8.11. The van der Waals surface area contributed by atoms with Crippen LogP contribution in [-0.2, 0) is 32.9 Å². The van der Waals surface area contributed by atoms with Gasteiger partial charge in [-0.1, -0.05) is 18.2 Å². The van der Waals surface area contributed by atoms with Crippen LogP contribution in [-0.4, -0.2) is 15.5 Å². The summed E-state index contributed by atoms with van der Waals surface area (Å²) in [4.78, 5) is 1.29. The van der Waals surface area contributed by atoms with E-state index in [9.17, 15) is 8.42 Å². The molecule has 1 aliphatic carbocycles. The van der Waals surface area contributed by atoms with Crippen LogP contribution in [0.2, 0.25) is 0 Å². The number of rotatable bonds is 3. The highest BCUT2D eigenvalue weighted by atomic mass is 32.2. The zero-order chi connectivity index (χ0) is 14.2. The molecule has 0 atom stereocenters. The number of hydrogen-bond donors (Lipinski definition) is 0. The smallest absolute Gasteiger partial charge is 0.271 e. The van der Waals surface area contributed by atoms with Crippen molar-refractivity contribution in [1.82, 2.24) is 0 Å². The predicted octanol–water partition coefficient (Wildman–Crippen LogP) is 3.38. The summed E-state index contributed by atoms with van der Waals surface area (Å²) in [5, 5.41) is 2.11. The second-order valence-electron chi connectivity index (χ2n) is 4.94. The minimum atomic E-state index is -3.48. The summed E-state index contributed by atoms with van der Waals surface area (Å²) in [6.07, 6.45) is 3.04. The van der Waals surface area contributed by atoms with E-state index in [1.54, 1.807) is 11.3 Å². The van der Waals surface area contributed by atoms with Gasteiger partial charge in [0.15, 0.2) is 0 Å². The monoisotopic (exact) mass is 308 g/mol. The molecule has 0 N–H and O–H groups in total. The Kier molecular flexibility index (Phi) is 3.67. The molecule has 0 radical (unpaired) electrons. The fraction of sp³-hybridized carbons (Fsp3) is 0.333. The summed E-state index contributed by atoms with van der Waals surface area (Å²) in [5.41, 5.74) is 4.59. The van der Waals surface area contributed by atoms with Crippen LogP contribution in [0, 0.1) is 0 Å². The van der Waals surface area contributed by atoms with Crippen molar-refractivity contribution in [3.8, 4) is 10.4 Å². The summed E-state index contributed by atoms with van der Waals surface area (Å²) in [7, 11) is -2.26. The minimum absolute atomic E-state index is 0.0482. The van der Waals surface area contributed by atoms with Crippen LogP contribution in [0.3, 0.4) is 0 Å². The largest absolute Gasteiger partial charge is 0.273 e. The molecule has 0 aliphatic heterocycles. The van der Waals surface area contributed by atoms with Crippen molar-refractivity contribution in [3.05, 3.63) is 46.3 Å². The van der Waals surface area contributed by atoms with Crippen molar-refractivity contribution in [2.45, 2.75) is 25.0 Å². The van der Waals surface area contributed by atoms with Gasteiger partial charge < -0.3 is 0 Å². The van der Waals surface area contributed by atoms with Gasteiger partial charge in [0, 0.05) is 4.88 Å². The van der Waals surface area contributed by atoms with Gasteiger partial charge in [0.1, 0.15) is 5.75 Å². The molecule has 1 aromatic heterocycles. The van der Waals surface area contributed by atoms with Crippen molar-refractivity contribution in [1.29, 1.82) is 0 Å². The van der Waals surface area contributed by atoms with Gasteiger partial charge >= 0.3 is 0 Å². The van der Waals surface area contributed by atoms with E-state index in [0.29, 0.717) is 0 Å². The Bertz CT molecular complexity index is 729. The lowest BCUT2D eigenvalue weighted by molar-refractivity contribution is 0.397. The number of thiophene rings is 1. The molecular weight excluding hydrogens is 292 g/mol. The van der Waals surface area contributed by atoms with E-state index in [1.807, 2.05) is 12.1 Å². The van der Waals surface area contributed by atoms with Crippen LogP contribution in [0.15, 0.2) is 29.6 Å². The molecule has 1 aromatic carbocycles. The molecule has 1 aliphatic rings. The van der Waals surface area contributed by atoms with Crippen LogP contribution >= 0.6 is 11.3 Å². The van der Waals surface area contributed by atoms with E-state index in [1.165, 1.54) is 23.1 Å². The first kappa shape index (κ1) is 13.8. The van der Waals surface area contributed by atoms with Crippen LogP contribution < -0.4 is 0 Å². The quantitative estimate of drug-likeness (QED) is 0.816. The molecule has 0 fully saturated rings. The average molecular weight is 308 g/mol. The molecule has 3 rings (SSSR count). The molecule has 0 saturated heterocycles. The molecule has 0 amide bonds. The summed E-state index contributed by atoms with van der Waals surface area (Å²) >= 11 is 1.73. The average Bonchev–Trinajstić information content (AvgIpc) is 2.81. The Morgan fingerprint density at radius 3 is 2.90 bits per heavy atom. The molecule has 3 nitrogen and oxygen atoms in total. The summed E-state index contributed by atoms with van der Waals surface area (Å²) in [6.45, 7) is 0. The summed E-state index contributed by atoms with van der Waals surface area (Å²) < 4.78 is 28.0. The van der Waals surface area contributed by atoms with Crippen molar-refractivity contribution in [2.75, 3.05) is 7.11 Å². The van der Waals surface area contributed by atoms with E-state index in [-0.39, 0.29) is 5.75 Å². The van der Waals surface area contributed by atoms with Crippen LogP contribution in [0.4, 0.5) is 0 Å². The molecule has 2 aromatic rings. The standard InChI is InChI=1S/C15H16O3S2/c1-18-20(16,17)10-12-5-3-7-14-13(12)6-2-4-11-8-9-19-15(11)14/h3,5,7-9H,2,4,6,10H2,1H3. The molecule has 0 unspecified atom stereocenters. The Balaban J connectivity index is 2.11. The van der Waals surface area contributed by atoms with Gasteiger partial charge in [0.05, 0.1) is 7.11 Å². The number of aryl methyl sites for hydroxylation is 1. The maximum absolute atomic E-state index is 11.7.